The summed E-state index contributed by atoms with van der Waals surface area (Å²) in [6.45, 7) is 1.96. The summed E-state index contributed by atoms with van der Waals surface area (Å²) in [6, 6.07) is 5.68. The molecule has 2 N–H and O–H groups in total. The number of hydrogen-bond acceptors (Lipinski definition) is 5. The van der Waals surface area contributed by atoms with Gasteiger partial charge in [0.2, 0.25) is 0 Å². The highest BCUT2D eigenvalue weighted by atomic mass is 16.5. The number of aromatic nitrogens is 1. The van der Waals surface area contributed by atoms with E-state index in [2.05, 4.69) is 20.4 Å². The number of ether oxygens (including phenoxy) is 1. The third-order valence-electron chi connectivity index (χ3n) is 2.56. The number of anilines is 1. The van der Waals surface area contributed by atoms with Gasteiger partial charge < -0.3 is 15.4 Å². The van der Waals surface area contributed by atoms with Crippen LogP contribution in [0.2, 0.25) is 0 Å². The van der Waals surface area contributed by atoms with Crippen LogP contribution in [0.4, 0.5) is 5.82 Å². The Balaban J connectivity index is 2.06. The summed E-state index contributed by atoms with van der Waals surface area (Å²) >= 11 is 0. The summed E-state index contributed by atoms with van der Waals surface area (Å²) in [5.41, 5.74) is 0.332. The van der Waals surface area contributed by atoms with E-state index in [1.54, 1.807) is 12.1 Å². The Hall–Kier alpha value is -1.62. The van der Waals surface area contributed by atoms with Crippen molar-refractivity contribution < 1.29 is 9.53 Å². The van der Waals surface area contributed by atoms with Gasteiger partial charge >= 0.3 is 5.97 Å². The molecule has 5 heteroatoms. The predicted octanol–water partition coefficient (Wildman–Crippen LogP) is 0.642. The Kier molecular flexibility index (Phi) is 3.36. The van der Waals surface area contributed by atoms with Gasteiger partial charge in [0.1, 0.15) is 5.82 Å². The molecule has 1 saturated heterocycles. The highest BCUT2D eigenvalue weighted by Crippen LogP contribution is 2.10. The molecule has 0 aromatic carbocycles. The summed E-state index contributed by atoms with van der Waals surface area (Å²) in [7, 11) is 1.35. The average molecular weight is 221 g/mol. The maximum absolute atomic E-state index is 11.3. The maximum Gasteiger partial charge on any atom is 0.356 e. The third-order valence-corrected chi connectivity index (χ3v) is 2.56. The SMILES string of the molecule is COC(=O)c1cccc(NC2CCNC2)n1. The second-order valence-electron chi connectivity index (χ2n) is 3.73. The quantitative estimate of drug-likeness (QED) is 0.733. The smallest absolute Gasteiger partial charge is 0.356 e. The van der Waals surface area contributed by atoms with Crippen LogP contribution >= 0.6 is 0 Å². The fourth-order valence-corrected chi connectivity index (χ4v) is 1.72. The van der Waals surface area contributed by atoms with E-state index in [0.29, 0.717) is 11.7 Å². The van der Waals surface area contributed by atoms with Crippen molar-refractivity contribution in [1.82, 2.24) is 10.3 Å². The van der Waals surface area contributed by atoms with Gasteiger partial charge in [-0.1, -0.05) is 6.07 Å². The van der Waals surface area contributed by atoms with Gasteiger partial charge in [-0.3, -0.25) is 0 Å². The molecular formula is C11H15N3O2. The van der Waals surface area contributed by atoms with Crippen LogP contribution in [0.15, 0.2) is 18.2 Å². The average Bonchev–Trinajstić information content (AvgIpc) is 2.81. The molecule has 0 spiro atoms. The highest BCUT2D eigenvalue weighted by molar-refractivity contribution is 5.87. The lowest BCUT2D eigenvalue weighted by atomic mass is 10.2. The standard InChI is InChI=1S/C11H15N3O2/c1-16-11(15)9-3-2-4-10(14-9)13-8-5-6-12-7-8/h2-4,8,12H,5-7H2,1H3,(H,13,14). The first-order valence-corrected chi connectivity index (χ1v) is 5.32. The van der Waals surface area contributed by atoms with E-state index >= 15 is 0 Å². The molecule has 1 aromatic rings. The van der Waals surface area contributed by atoms with Crippen molar-refractivity contribution in [2.24, 2.45) is 0 Å². The molecule has 0 saturated carbocycles. The minimum atomic E-state index is -0.409. The Morgan fingerprint density at radius 1 is 1.62 bits per heavy atom. The van der Waals surface area contributed by atoms with Gasteiger partial charge in [0.15, 0.2) is 5.69 Å². The number of pyridine rings is 1. The molecule has 0 aliphatic carbocycles. The number of carbonyl (C=O) groups is 1. The molecule has 0 radical (unpaired) electrons. The molecule has 1 aliphatic rings. The van der Waals surface area contributed by atoms with Crippen LogP contribution in [0.3, 0.4) is 0 Å². The number of nitrogens with zero attached hydrogens (tertiary/aromatic N) is 1. The predicted molar refractivity (Wildman–Crippen MR) is 60.5 cm³/mol. The maximum atomic E-state index is 11.3. The first-order chi connectivity index (χ1) is 7.79. The van der Waals surface area contributed by atoms with Gasteiger partial charge in [0.25, 0.3) is 0 Å². The van der Waals surface area contributed by atoms with Gasteiger partial charge in [-0.15, -0.1) is 0 Å². The zero-order valence-corrected chi connectivity index (χ0v) is 9.19. The van der Waals surface area contributed by atoms with Crippen LogP contribution in [-0.4, -0.2) is 37.2 Å². The van der Waals surface area contributed by atoms with Crippen molar-refractivity contribution in [2.75, 3.05) is 25.5 Å². The second-order valence-corrected chi connectivity index (χ2v) is 3.73. The normalized spacial score (nSPS) is 19.4. The molecule has 0 amide bonds. The minimum Gasteiger partial charge on any atom is -0.464 e. The van der Waals surface area contributed by atoms with E-state index in [0.717, 1.165) is 25.3 Å². The second kappa shape index (κ2) is 4.94. The van der Waals surface area contributed by atoms with E-state index in [4.69, 9.17) is 0 Å². The third kappa shape index (κ3) is 2.49. The largest absolute Gasteiger partial charge is 0.464 e. The topological polar surface area (TPSA) is 63.2 Å². The Morgan fingerprint density at radius 2 is 2.50 bits per heavy atom. The molecule has 1 fully saturated rings. The number of nitrogens with one attached hydrogen (secondary N) is 2. The van der Waals surface area contributed by atoms with Crippen LogP contribution in [0.1, 0.15) is 16.9 Å². The Morgan fingerprint density at radius 3 is 3.19 bits per heavy atom. The molecule has 1 aromatic heterocycles. The van der Waals surface area contributed by atoms with Crippen LogP contribution < -0.4 is 10.6 Å². The molecule has 1 atom stereocenters. The van der Waals surface area contributed by atoms with E-state index < -0.39 is 5.97 Å². The van der Waals surface area contributed by atoms with Crippen molar-refractivity contribution in [3.8, 4) is 0 Å². The van der Waals surface area contributed by atoms with Gasteiger partial charge in [-0.05, 0) is 25.1 Å². The molecule has 16 heavy (non-hydrogen) atoms. The first-order valence-electron chi connectivity index (χ1n) is 5.32. The lowest BCUT2D eigenvalue weighted by molar-refractivity contribution is 0.0594. The van der Waals surface area contributed by atoms with Crippen LogP contribution in [0, 0.1) is 0 Å². The van der Waals surface area contributed by atoms with Crippen molar-refractivity contribution >= 4 is 11.8 Å². The summed E-state index contributed by atoms with van der Waals surface area (Å²) in [5, 5.41) is 6.54. The zero-order valence-electron chi connectivity index (χ0n) is 9.19. The van der Waals surface area contributed by atoms with E-state index in [1.165, 1.54) is 7.11 Å². The van der Waals surface area contributed by atoms with Crippen molar-refractivity contribution in [2.45, 2.75) is 12.5 Å². The Labute approximate surface area is 94.2 Å². The molecule has 1 unspecified atom stereocenters. The number of esters is 1. The van der Waals surface area contributed by atoms with Crippen LogP contribution in [0.5, 0.6) is 0 Å². The molecule has 86 valence electrons. The summed E-state index contributed by atoms with van der Waals surface area (Å²) in [4.78, 5) is 15.5. The minimum absolute atomic E-state index is 0.332. The fourth-order valence-electron chi connectivity index (χ4n) is 1.72. The first kappa shape index (κ1) is 10.9. The van der Waals surface area contributed by atoms with E-state index in [1.807, 2.05) is 6.07 Å². The molecule has 1 aliphatic heterocycles. The van der Waals surface area contributed by atoms with E-state index in [-0.39, 0.29) is 0 Å². The molecule has 2 rings (SSSR count). The number of carbonyl (C=O) groups excluding carboxylic acids is 1. The number of hydrogen-bond donors (Lipinski definition) is 2. The van der Waals surface area contributed by atoms with Crippen molar-refractivity contribution in [1.29, 1.82) is 0 Å². The number of methoxy groups -OCH3 is 1. The fraction of sp³-hybridized carbons (Fsp3) is 0.455. The molecular weight excluding hydrogens is 206 g/mol. The van der Waals surface area contributed by atoms with Gasteiger partial charge in [0, 0.05) is 12.6 Å². The summed E-state index contributed by atoms with van der Waals surface area (Å²) in [5.74, 6) is 0.310. The summed E-state index contributed by atoms with van der Waals surface area (Å²) in [6.07, 6.45) is 1.07. The summed E-state index contributed by atoms with van der Waals surface area (Å²) < 4.78 is 4.62. The van der Waals surface area contributed by atoms with Gasteiger partial charge in [-0.25, -0.2) is 9.78 Å². The van der Waals surface area contributed by atoms with Crippen molar-refractivity contribution in [3.05, 3.63) is 23.9 Å². The number of rotatable bonds is 3. The molecule has 5 nitrogen and oxygen atoms in total. The zero-order chi connectivity index (χ0) is 11.4. The van der Waals surface area contributed by atoms with Crippen LogP contribution in [-0.2, 0) is 4.74 Å². The van der Waals surface area contributed by atoms with Gasteiger partial charge in [0.05, 0.1) is 7.11 Å². The molecule has 0 bridgehead atoms. The highest BCUT2D eigenvalue weighted by Gasteiger charge is 2.15. The molecule has 2 heterocycles. The van der Waals surface area contributed by atoms with Gasteiger partial charge in [-0.2, -0.15) is 0 Å². The lowest BCUT2D eigenvalue weighted by Crippen LogP contribution is -2.23. The van der Waals surface area contributed by atoms with E-state index in [9.17, 15) is 4.79 Å². The van der Waals surface area contributed by atoms with Crippen LogP contribution in [0.25, 0.3) is 0 Å². The monoisotopic (exact) mass is 221 g/mol. The lowest BCUT2D eigenvalue weighted by Gasteiger charge is -2.12. The van der Waals surface area contributed by atoms with Crippen molar-refractivity contribution in [3.63, 3.8) is 0 Å². The Bertz CT molecular complexity index is 375.